The van der Waals surface area contributed by atoms with Crippen LogP contribution in [0.5, 0.6) is 0 Å². The normalized spacial score (nSPS) is 10.9. The third-order valence-corrected chi connectivity index (χ3v) is 3.61. The minimum absolute atomic E-state index is 0.169. The van der Waals surface area contributed by atoms with Gasteiger partial charge in [0.15, 0.2) is 0 Å². The molecule has 5 heteroatoms. The lowest BCUT2D eigenvalue weighted by molar-refractivity contribution is -0.111. The monoisotopic (exact) mass is 318 g/mol. The van der Waals surface area contributed by atoms with E-state index in [0.717, 1.165) is 29.2 Å². The summed E-state index contributed by atoms with van der Waals surface area (Å²) in [4.78, 5) is 20.2. The summed E-state index contributed by atoms with van der Waals surface area (Å²) in [5, 5.41) is 2.84. The molecular weight excluding hydrogens is 300 g/mol. The molecular formula is C19H18N4O. The van der Waals surface area contributed by atoms with Gasteiger partial charge in [-0.1, -0.05) is 18.2 Å². The van der Waals surface area contributed by atoms with Crippen molar-refractivity contribution in [1.82, 2.24) is 14.5 Å². The Balaban J connectivity index is 1.59. The van der Waals surface area contributed by atoms with Gasteiger partial charge in [-0.15, -0.1) is 0 Å². The molecule has 1 N–H and O–H groups in total. The number of rotatable bonds is 5. The Bertz CT molecular complexity index is 835. The molecule has 0 atom stereocenters. The van der Waals surface area contributed by atoms with Gasteiger partial charge in [0, 0.05) is 43.1 Å². The molecule has 0 saturated carbocycles. The lowest BCUT2D eigenvalue weighted by Gasteiger charge is -2.07. The Morgan fingerprint density at radius 1 is 1.21 bits per heavy atom. The van der Waals surface area contributed by atoms with Crippen LogP contribution in [0.15, 0.2) is 67.3 Å². The van der Waals surface area contributed by atoms with Crippen molar-refractivity contribution in [3.63, 3.8) is 0 Å². The Labute approximate surface area is 140 Å². The molecule has 2 aromatic heterocycles. The summed E-state index contributed by atoms with van der Waals surface area (Å²) in [6.07, 6.45) is 10.4. The smallest absolute Gasteiger partial charge is 0.248 e. The number of nitrogens with zero attached hydrogens (tertiary/aromatic N) is 3. The topological polar surface area (TPSA) is 59.8 Å². The first-order valence-corrected chi connectivity index (χ1v) is 7.66. The van der Waals surface area contributed by atoms with E-state index in [2.05, 4.69) is 19.9 Å². The minimum Gasteiger partial charge on any atom is -0.331 e. The lowest BCUT2D eigenvalue weighted by Crippen LogP contribution is -2.08. The van der Waals surface area contributed by atoms with Gasteiger partial charge in [0.1, 0.15) is 5.82 Å². The molecule has 24 heavy (non-hydrogen) atoms. The van der Waals surface area contributed by atoms with E-state index in [-0.39, 0.29) is 5.91 Å². The zero-order chi connectivity index (χ0) is 16.8. The number of benzene rings is 1. The van der Waals surface area contributed by atoms with E-state index in [1.807, 2.05) is 49.5 Å². The van der Waals surface area contributed by atoms with E-state index in [1.165, 1.54) is 6.08 Å². The van der Waals surface area contributed by atoms with E-state index in [1.54, 1.807) is 24.7 Å². The number of hydrogen-bond donors (Lipinski definition) is 1. The van der Waals surface area contributed by atoms with Gasteiger partial charge in [-0.3, -0.25) is 9.78 Å². The van der Waals surface area contributed by atoms with Crippen LogP contribution in [0.25, 0.3) is 6.08 Å². The maximum absolute atomic E-state index is 11.9. The number of hydrogen-bond acceptors (Lipinski definition) is 3. The molecule has 5 nitrogen and oxygen atoms in total. The Hall–Kier alpha value is -3.21. The average Bonchev–Trinajstić information content (AvgIpc) is 3.01. The van der Waals surface area contributed by atoms with Crippen molar-refractivity contribution in [2.75, 3.05) is 5.32 Å². The van der Waals surface area contributed by atoms with Gasteiger partial charge in [0.2, 0.25) is 5.91 Å². The van der Waals surface area contributed by atoms with Crippen molar-refractivity contribution in [3.8, 4) is 0 Å². The van der Waals surface area contributed by atoms with Crippen molar-refractivity contribution in [1.29, 1.82) is 0 Å². The molecule has 1 amide bonds. The molecule has 120 valence electrons. The molecule has 0 spiro atoms. The quantitative estimate of drug-likeness (QED) is 0.734. The highest BCUT2D eigenvalue weighted by Gasteiger charge is 2.01. The van der Waals surface area contributed by atoms with Crippen molar-refractivity contribution in [2.24, 2.45) is 0 Å². The number of carbonyl (C=O) groups excluding carboxylic acids is 1. The third kappa shape index (κ3) is 4.16. The molecule has 0 unspecified atom stereocenters. The first kappa shape index (κ1) is 15.7. The van der Waals surface area contributed by atoms with Crippen molar-refractivity contribution in [2.45, 2.75) is 13.5 Å². The molecule has 0 saturated heterocycles. The lowest BCUT2D eigenvalue weighted by atomic mass is 10.2. The van der Waals surface area contributed by atoms with Gasteiger partial charge in [0.25, 0.3) is 0 Å². The Kier molecular flexibility index (Phi) is 4.81. The zero-order valence-electron chi connectivity index (χ0n) is 13.4. The van der Waals surface area contributed by atoms with E-state index in [9.17, 15) is 4.79 Å². The van der Waals surface area contributed by atoms with Crippen LogP contribution in [0, 0.1) is 6.92 Å². The van der Waals surface area contributed by atoms with Crippen LogP contribution in [0.3, 0.4) is 0 Å². The number of nitrogens with one attached hydrogen (secondary N) is 1. The maximum Gasteiger partial charge on any atom is 0.248 e. The number of anilines is 1. The highest BCUT2D eigenvalue weighted by molar-refractivity contribution is 6.01. The fraction of sp³-hybridized carbons (Fsp3) is 0.105. The van der Waals surface area contributed by atoms with E-state index in [0.29, 0.717) is 0 Å². The maximum atomic E-state index is 11.9. The van der Waals surface area contributed by atoms with Gasteiger partial charge in [0.05, 0.1) is 0 Å². The highest BCUT2D eigenvalue weighted by Crippen LogP contribution is 2.12. The third-order valence-electron chi connectivity index (χ3n) is 3.61. The second kappa shape index (κ2) is 7.37. The first-order chi connectivity index (χ1) is 11.7. The van der Waals surface area contributed by atoms with Crippen LogP contribution < -0.4 is 5.32 Å². The molecule has 0 aliphatic carbocycles. The van der Waals surface area contributed by atoms with Crippen LogP contribution in [0.1, 0.15) is 17.0 Å². The first-order valence-electron chi connectivity index (χ1n) is 7.66. The van der Waals surface area contributed by atoms with Gasteiger partial charge >= 0.3 is 0 Å². The summed E-state index contributed by atoms with van der Waals surface area (Å²) >= 11 is 0. The molecule has 3 rings (SSSR count). The number of aromatic nitrogens is 3. The summed E-state index contributed by atoms with van der Waals surface area (Å²) in [6, 6.07) is 11.5. The molecule has 0 aliphatic rings. The molecule has 0 aliphatic heterocycles. The van der Waals surface area contributed by atoms with Gasteiger partial charge in [-0.25, -0.2) is 4.98 Å². The Morgan fingerprint density at radius 3 is 2.71 bits per heavy atom. The van der Waals surface area contributed by atoms with Crippen molar-refractivity contribution < 1.29 is 4.79 Å². The zero-order valence-corrected chi connectivity index (χ0v) is 13.4. The molecule has 3 aromatic rings. The molecule has 0 fully saturated rings. The van der Waals surface area contributed by atoms with Crippen LogP contribution in [0.4, 0.5) is 5.69 Å². The fourth-order valence-electron chi connectivity index (χ4n) is 2.29. The van der Waals surface area contributed by atoms with E-state index in [4.69, 9.17) is 0 Å². The summed E-state index contributed by atoms with van der Waals surface area (Å²) in [7, 11) is 0. The Morgan fingerprint density at radius 2 is 2.04 bits per heavy atom. The van der Waals surface area contributed by atoms with Crippen molar-refractivity contribution >= 4 is 17.7 Å². The highest BCUT2D eigenvalue weighted by atomic mass is 16.1. The number of imidazole rings is 1. The minimum atomic E-state index is -0.169. The largest absolute Gasteiger partial charge is 0.331 e. The van der Waals surface area contributed by atoms with Gasteiger partial charge in [-0.05, 0) is 42.3 Å². The van der Waals surface area contributed by atoms with Gasteiger partial charge in [-0.2, -0.15) is 0 Å². The average molecular weight is 318 g/mol. The summed E-state index contributed by atoms with van der Waals surface area (Å²) in [5.41, 5.74) is 2.81. The predicted octanol–water partition coefficient (Wildman–Crippen LogP) is 3.29. The molecule has 0 bridgehead atoms. The number of aryl methyl sites for hydroxylation is 1. The van der Waals surface area contributed by atoms with Crippen LogP contribution in [0.2, 0.25) is 0 Å². The summed E-state index contributed by atoms with van der Waals surface area (Å²) in [6.45, 7) is 2.74. The summed E-state index contributed by atoms with van der Waals surface area (Å²) < 4.78 is 2.07. The summed E-state index contributed by atoms with van der Waals surface area (Å²) in [5.74, 6) is 0.810. The second-order valence-electron chi connectivity index (χ2n) is 5.41. The standard InChI is InChI=1S/C19H18N4O/c1-15-21-11-12-23(15)14-17-4-7-18(8-5-17)22-19(24)9-6-16-3-2-10-20-13-16/h2-13H,14H2,1H3,(H,22,24)/b9-6+. The number of pyridine rings is 1. The fourth-order valence-corrected chi connectivity index (χ4v) is 2.29. The van der Waals surface area contributed by atoms with Crippen LogP contribution >= 0.6 is 0 Å². The van der Waals surface area contributed by atoms with Crippen LogP contribution in [-0.2, 0) is 11.3 Å². The van der Waals surface area contributed by atoms with Gasteiger partial charge < -0.3 is 9.88 Å². The van der Waals surface area contributed by atoms with E-state index < -0.39 is 0 Å². The SMILES string of the molecule is Cc1nccn1Cc1ccc(NC(=O)/C=C/c2cccnc2)cc1. The number of carbonyl (C=O) groups is 1. The van der Waals surface area contributed by atoms with E-state index >= 15 is 0 Å². The number of amides is 1. The predicted molar refractivity (Wildman–Crippen MR) is 94.4 cm³/mol. The van der Waals surface area contributed by atoms with Crippen LogP contribution in [-0.4, -0.2) is 20.4 Å². The van der Waals surface area contributed by atoms with Crippen molar-refractivity contribution in [3.05, 3.63) is 84.2 Å². The second-order valence-corrected chi connectivity index (χ2v) is 5.41. The molecule has 0 radical (unpaired) electrons. The molecule has 1 aromatic carbocycles. The molecule has 2 heterocycles.